The summed E-state index contributed by atoms with van der Waals surface area (Å²) in [6, 6.07) is 0. The second-order valence-corrected chi connectivity index (χ2v) is 5.09. The van der Waals surface area contributed by atoms with E-state index in [-0.39, 0.29) is 11.8 Å². The molecule has 0 radical (unpaired) electrons. The number of rotatable bonds is 8. The van der Waals surface area contributed by atoms with Gasteiger partial charge >= 0.3 is 0 Å². The van der Waals surface area contributed by atoms with E-state index < -0.39 is 0 Å². The third kappa shape index (κ3) is 6.79. The lowest BCUT2D eigenvalue weighted by Gasteiger charge is -2.20. The fraction of sp³-hybridized carbons (Fsp3) is 0.909. The number of carbonyl (C=O) groups is 1. The van der Waals surface area contributed by atoms with E-state index in [0.29, 0.717) is 6.54 Å². The van der Waals surface area contributed by atoms with E-state index in [1.807, 2.05) is 14.1 Å². The zero-order chi connectivity index (χ0) is 11.7. The van der Waals surface area contributed by atoms with Crippen LogP contribution < -0.4 is 5.73 Å². The highest BCUT2D eigenvalue weighted by molar-refractivity contribution is 7.99. The van der Waals surface area contributed by atoms with Gasteiger partial charge in [-0.25, -0.2) is 0 Å². The fourth-order valence-electron chi connectivity index (χ4n) is 1.40. The Kier molecular flexibility index (Phi) is 8.91. The van der Waals surface area contributed by atoms with E-state index >= 15 is 0 Å². The van der Waals surface area contributed by atoms with Crippen LogP contribution in [-0.2, 0) is 4.79 Å². The predicted octanol–water partition coefficient (Wildman–Crippen LogP) is 1.57. The van der Waals surface area contributed by atoms with Gasteiger partial charge in [0.05, 0.1) is 0 Å². The highest BCUT2D eigenvalue weighted by atomic mass is 32.2. The smallest absolute Gasteiger partial charge is 0.225 e. The van der Waals surface area contributed by atoms with Crippen LogP contribution in [0, 0.1) is 5.92 Å². The van der Waals surface area contributed by atoms with E-state index in [0.717, 1.165) is 30.8 Å². The largest absolute Gasteiger partial charge is 0.349 e. The molecule has 0 spiro atoms. The third-order valence-electron chi connectivity index (χ3n) is 2.28. The maximum atomic E-state index is 11.8. The number of hydrogen-bond acceptors (Lipinski definition) is 3. The van der Waals surface area contributed by atoms with Gasteiger partial charge in [0.25, 0.3) is 0 Å². The Labute approximate surface area is 97.8 Å². The first-order valence-electron chi connectivity index (χ1n) is 5.62. The molecule has 0 aliphatic rings. The van der Waals surface area contributed by atoms with Crippen LogP contribution in [0.25, 0.3) is 0 Å². The number of amides is 1. The van der Waals surface area contributed by atoms with Gasteiger partial charge in [-0.05, 0) is 6.42 Å². The van der Waals surface area contributed by atoms with E-state index in [9.17, 15) is 4.79 Å². The molecule has 0 aromatic rings. The van der Waals surface area contributed by atoms with E-state index in [1.54, 1.807) is 16.7 Å². The van der Waals surface area contributed by atoms with Crippen molar-refractivity contribution >= 4 is 17.7 Å². The van der Waals surface area contributed by atoms with Gasteiger partial charge < -0.3 is 10.6 Å². The Morgan fingerprint density at radius 1 is 1.47 bits per heavy atom. The molecule has 0 rings (SSSR count). The zero-order valence-corrected chi connectivity index (χ0v) is 11.0. The van der Waals surface area contributed by atoms with Crippen LogP contribution in [0.3, 0.4) is 0 Å². The number of nitrogens with zero attached hydrogens (tertiary/aromatic N) is 1. The molecule has 0 heterocycles. The molecule has 0 aromatic heterocycles. The molecule has 0 unspecified atom stereocenters. The van der Waals surface area contributed by atoms with Gasteiger partial charge in [0.15, 0.2) is 0 Å². The molecule has 90 valence electrons. The summed E-state index contributed by atoms with van der Waals surface area (Å²) in [7, 11) is 3.66. The standard InChI is InChI=1S/C11H24N2OS/c1-4-5-6-10(9-15-8-7-12)11(14)13(2)3/h10H,4-9,12H2,1-3H3/t10-/m1/s1. The van der Waals surface area contributed by atoms with Gasteiger partial charge in [0.1, 0.15) is 0 Å². The molecule has 0 saturated carbocycles. The molecular formula is C11H24N2OS. The van der Waals surface area contributed by atoms with Crippen LogP contribution >= 0.6 is 11.8 Å². The minimum atomic E-state index is 0.177. The average molecular weight is 232 g/mol. The fourth-order valence-corrected chi connectivity index (χ4v) is 2.33. The van der Waals surface area contributed by atoms with Gasteiger partial charge in [-0.15, -0.1) is 0 Å². The molecular weight excluding hydrogens is 208 g/mol. The molecule has 0 aliphatic carbocycles. The molecule has 1 atom stereocenters. The number of thioether (sulfide) groups is 1. The summed E-state index contributed by atoms with van der Waals surface area (Å²) in [5, 5.41) is 0. The first-order chi connectivity index (χ1) is 7.13. The SMILES string of the molecule is CCCC[C@H](CSCCN)C(=O)N(C)C. The van der Waals surface area contributed by atoms with Gasteiger partial charge in [0, 0.05) is 38.1 Å². The zero-order valence-electron chi connectivity index (χ0n) is 10.2. The lowest BCUT2D eigenvalue weighted by Crippen LogP contribution is -2.31. The normalized spacial score (nSPS) is 12.5. The molecule has 2 N–H and O–H groups in total. The molecule has 4 heteroatoms. The summed E-state index contributed by atoms with van der Waals surface area (Å²) >= 11 is 1.79. The van der Waals surface area contributed by atoms with Crippen LogP contribution in [0.5, 0.6) is 0 Å². The Balaban J connectivity index is 3.99. The van der Waals surface area contributed by atoms with Crippen molar-refractivity contribution in [1.29, 1.82) is 0 Å². The lowest BCUT2D eigenvalue weighted by molar-refractivity contribution is -0.132. The first kappa shape index (κ1) is 14.8. The molecule has 15 heavy (non-hydrogen) atoms. The lowest BCUT2D eigenvalue weighted by atomic mass is 10.0. The number of nitrogens with two attached hydrogens (primary N) is 1. The van der Waals surface area contributed by atoms with Gasteiger partial charge in [-0.3, -0.25) is 4.79 Å². The van der Waals surface area contributed by atoms with Crippen molar-refractivity contribution in [1.82, 2.24) is 4.90 Å². The summed E-state index contributed by atoms with van der Waals surface area (Å²) in [5.74, 6) is 2.29. The molecule has 3 nitrogen and oxygen atoms in total. The van der Waals surface area contributed by atoms with Gasteiger partial charge in [-0.1, -0.05) is 19.8 Å². The highest BCUT2D eigenvalue weighted by Crippen LogP contribution is 2.16. The Morgan fingerprint density at radius 3 is 2.60 bits per heavy atom. The second-order valence-electron chi connectivity index (χ2n) is 3.94. The van der Waals surface area contributed by atoms with Crippen LogP contribution in [0.4, 0.5) is 0 Å². The second kappa shape index (κ2) is 9.04. The molecule has 0 aliphatic heterocycles. The Morgan fingerprint density at radius 2 is 2.13 bits per heavy atom. The Hall–Kier alpha value is -0.220. The Bertz CT molecular complexity index is 174. The van der Waals surface area contributed by atoms with Crippen molar-refractivity contribution in [3.05, 3.63) is 0 Å². The van der Waals surface area contributed by atoms with Crippen molar-refractivity contribution in [3.63, 3.8) is 0 Å². The van der Waals surface area contributed by atoms with Crippen molar-refractivity contribution in [3.8, 4) is 0 Å². The van der Waals surface area contributed by atoms with Crippen LogP contribution in [-0.4, -0.2) is 43.0 Å². The van der Waals surface area contributed by atoms with Crippen molar-refractivity contribution in [2.24, 2.45) is 11.7 Å². The average Bonchev–Trinajstić information content (AvgIpc) is 2.22. The molecule has 0 aromatic carbocycles. The first-order valence-corrected chi connectivity index (χ1v) is 6.77. The number of carbonyl (C=O) groups excluding carboxylic acids is 1. The van der Waals surface area contributed by atoms with Crippen molar-refractivity contribution in [2.75, 3.05) is 32.1 Å². The summed E-state index contributed by atoms with van der Waals surface area (Å²) in [6.45, 7) is 2.85. The third-order valence-corrected chi connectivity index (χ3v) is 3.44. The minimum absolute atomic E-state index is 0.177. The molecule has 0 bridgehead atoms. The van der Waals surface area contributed by atoms with Crippen LogP contribution in [0.15, 0.2) is 0 Å². The van der Waals surface area contributed by atoms with Gasteiger partial charge in [0.2, 0.25) is 5.91 Å². The van der Waals surface area contributed by atoms with Crippen molar-refractivity contribution in [2.45, 2.75) is 26.2 Å². The minimum Gasteiger partial charge on any atom is -0.349 e. The molecule has 0 saturated heterocycles. The van der Waals surface area contributed by atoms with Crippen LogP contribution in [0.1, 0.15) is 26.2 Å². The van der Waals surface area contributed by atoms with E-state index in [4.69, 9.17) is 5.73 Å². The van der Waals surface area contributed by atoms with Crippen LogP contribution in [0.2, 0.25) is 0 Å². The summed E-state index contributed by atoms with van der Waals surface area (Å²) in [6.07, 6.45) is 3.29. The van der Waals surface area contributed by atoms with Gasteiger partial charge in [-0.2, -0.15) is 11.8 Å². The quantitative estimate of drug-likeness (QED) is 0.646. The number of unbranched alkanes of at least 4 members (excludes halogenated alkanes) is 1. The molecule has 1 amide bonds. The maximum absolute atomic E-state index is 11.8. The van der Waals surface area contributed by atoms with E-state index in [1.165, 1.54) is 0 Å². The summed E-state index contributed by atoms with van der Waals surface area (Å²) in [4.78, 5) is 13.5. The predicted molar refractivity (Wildman–Crippen MR) is 68.1 cm³/mol. The molecule has 0 fully saturated rings. The summed E-state index contributed by atoms with van der Waals surface area (Å²) < 4.78 is 0. The number of hydrogen-bond donors (Lipinski definition) is 1. The summed E-state index contributed by atoms with van der Waals surface area (Å²) in [5.41, 5.74) is 5.43. The monoisotopic (exact) mass is 232 g/mol. The topological polar surface area (TPSA) is 46.3 Å². The maximum Gasteiger partial charge on any atom is 0.225 e. The highest BCUT2D eigenvalue weighted by Gasteiger charge is 2.19. The van der Waals surface area contributed by atoms with Crippen molar-refractivity contribution < 1.29 is 4.79 Å². The van der Waals surface area contributed by atoms with E-state index in [2.05, 4.69) is 6.92 Å².